The Balaban J connectivity index is 2.69. The number of para-hydroxylation sites is 1. The van der Waals surface area contributed by atoms with Gasteiger partial charge < -0.3 is 4.74 Å². The van der Waals surface area contributed by atoms with Crippen LogP contribution >= 0.6 is 0 Å². The van der Waals surface area contributed by atoms with Gasteiger partial charge in [-0.05, 0) is 30.9 Å². The molecule has 1 unspecified atom stereocenters. The number of hydrogen-bond acceptors (Lipinski definition) is 2. The molecule has 1 rings (SSSR count). The standard InChI is InChI=1S/C14H20O2/c1-4-6-11(2)10-16-14-12(3)7-5-8-13(14)9-15/h5,7-9,11H,4,6,10H2,1-3H3. The van der Waals surface area contributed by atoms with Crippen molar-refractivity contribution in [2.75, 3.05) is 6.61 Å². The SMILES string of the molecule is CCCC(C)COc1c(C)cccc1C=O. The summed E-state index contributed by atoms with van der Waals surface area (Å²) in [5.41, 5.74) is 1.66. The molecule has 2 heteroatoms. The Kier molecular flexibility index (Phi) is 5.03. The van der Waals surface area contributed by atoms with Crippen molar-refractivity contribution in [1.29, 1.82) is 0 Å². The third-order valence-electron chi connectivity index (χ3n) is 2.66. The van der Waals surface area contributed by atoms with Gasteiger partial charge in [-0.15, -0.1) is 0 Å². The largest absolute Gasteiger partial charge is 0.492 e. The summed E-state index contributed by atoms with van der Waals surface area (Å²) in [6.45, 7) is 6.98. The predicted molar refractivity (Wildman–Crippen MR) is 66.1 cm³/mol. The van der Waals surface area contributed by atoms with Crippen LogP contribution in [0.2, 0.25) is 0 Å². The van der Waals surface area contributed by atoms with E-state index in [0.29, 0.717) is 18.1 Å². The predicted octanol–water partition coefficient (Wildman–Crippen LogP) is 3.62. The Morgan fingerprint density at radius 3 is 2.81 bits per heavy atom. The number of carbonyl (C=O) groups is 1. The van der Waals surface area contributed by atoms with E-state index in [9.17, 15) is 4.79 Å². The zero-order valence-corrected chi connectivity index (χ0v) is 10.3. The fourth-order valence-corrected chi connectivity index (χ4v) is 1.77. The number of benzene rings is 1. The van der Waals surface area contributed by atoms with Crippen molar-refractivity contribution in [3.63, 3.8) is 0 Å². The van der Waals surface area contributed by atoms with Crippen LogP contribution in [-0.2, 0) is 0 Å². The van der Waals surface area contributed by atoms with Crippen LogP contribution in [0.1, 0.15) is 42.6 Å². The van der Waals surface area contributed by atoms with Crippen LogP contribution in [0.3, 0.4) is 0 Å². The van der Waals surface area contributed by atoms with Crippen LogP contribution in [0.25, 0.3) is 0 Å². The first kappa shape index (κ1) is 12.8. The minimum Gasteiger partial charge on any atom is -0.492 e. The summed E-state index contributed by atoms with van der Waals surface area (Å²) >= 11 is 0. The van der Waals surface area contributed by atoms with Gasteiger partial charge in [0.25, 0.3) is 0 Å². The molecule has 0 fully saturated rings. The maximum Gasteiger partial charge on any atom is 0.153 e. The molecule has 0 saturated carbocycles. The fourth-order valence-electron chi connectivity index (χ4n) is 1.77. The van der Waals surface area contributed by atoms with E-state index in [2.05, 4.69) is 13.8 Å². The fraction of sp³-hybridized carbons (Fsp3) is 0.500. The van der Waals surface area contributed by atoms with Crippen LogP contribution in [0.4, 0.5) is 0 Å². The summed E-state index contributed by atoms with van der Waals surface area (Å²) in [6.07, 6.45) is 3.17. The third kappa shape index (κ3) is 3.37. The molecular formula is C14H20O2. The highest BCUT2D eigenvalue weighted by atomic mass is 16.5. The lowest BCUT2D eigenvalue weighted by atomic mass is 10.1. The summed E-state index contributed by atoms with van der Waals surface area (Å²) in [5, 5.41) is 0. The number of aldehydes is 1. The average molecular weight is 220 g/mol. The molecule has 1 atom stereocenters. The minimum absolute atomic E-state index is 0.532. The number of ether oxygens (including phenoxy) is 1. The highest BCUT2D eigenvalue weighted by molar-refractivity contribution is 5.80. The van der Waals surface area contributed by atoms with Gasteiger partial charge in [-0.2, -0.15) is 0 Å². The van der Waals surface area contributed by atoms with Gasteiger partial charge in [0.05, 0.1) is 12.2 Å². The Bertz CT molecular complexity index is 345. The van der Waals surface area contributed by atoms with E-state index in [1.807, 2.05) is 19.1 Å². The molecule has 0 spiro atoms. The van der Waals surface area contributed by atoms with Crippen LogP contribution in [0.5, 0.6) is 5.75 Å². The van der Waals surface area contributed by atoms with Crippen molar-refractivity contribution in [2.45, 2.75) is 33.6 Å². The first-order valence-corrected chi connectivity index (χ1v) is 5.86. The van der Waals surface area contributed by atoms with Crippen LogP contribution in [0.15, 0.2) is 18.2 Å². The van der Waals surface area contributed by atoms with E-state index < -0.39 is 0 Å². The van der Waals surface area contributed by atoms with Crippen molar-refractivity contribution in [3.05, 3.63) is 29.3 Å². The zero-order chi connectivity index (χ0) is 12.0. The topological polar surface area (TPSA) is 26.3 Å². The van der Waals surface area contributed by atoms with E-state index in [-0.39, 0.29) is 0 Å². The van der Waals surface area contributed by atoms with Gasteiger partial charge in [0, 0.05) is 0 Å². The minimum atomic E-state index is 0.532. The molecule has 0 amide bonds. The Hall–Kier alpha value is -1.31. The summed E-state index contributed by atoms with van der Waals surface area (Å²) in [5.74, 6) is 1.27. The molecule has 16 heavy (non-hydrogen) atoms. The molecule has 0 N–H and O–H groups in total. The van der Waals surface area contributed by atoms with Gasteiger partial charge in [-0.1, -0.05) is 32.4 Å². The highest BCUT2D eigenvalue weighted by Gasteiger charge is 2.08. The quantitative estimate of drug-likeness (QED) is 0.684. The molecule has 0 aromatic heterocycles. The van der Waals surface area contributed by atoms with E-state index in [1.54, 1.807) is 6.07 Å². The molecular weight excluding hydrogens is 200 g/mol. The maximum absolute atomic E-state index is 10.9. The highest BCUT2D eigenvalue weighted by Crippen LogP contribution is 2.22. The Morgan fingerprint density at radius 1 is 1.44 bits per heavy atom. The zero-order valence-electron chi connectivity index (χ0n) is 10.3. The second-order valence-electron chi connectivity index (χ2n) is 4.32. The lowest BCUT2D eigenvalue weighted by Crippen LogP contribution is -2.10. The van der Waals surface area contributed by atoms with Gasteiger partial charge in [-0.25, -0.2) is 0 Å². The Morgan fingerprint density at radius 2 is 2.19 bits per heavy atom. The Labute approximate surface area is 97.6 Å². The van der Waals surface area contributed by atoms with Gasteiger partial charge >= 0.3 is 0 Å². The summed E-state index contributed by atoms with van der Waals surface area (Å²) in [4.78, 5) is 10.9. The number of carbonyl (C=O) groups excluding carboxylic acids is 1. The normalized spacial score (nSPS) is 12.2. The molecule has 0 heterocycles. The molecule has 0 saturated heterocycles. The lowest BCUT2D eigenvalue weighted by Gasteiger charge is -2.15. The van der Waals surface area contributed by atoms with Crippen molar-refractivity contribution >= 4 is 6.29 Å². The second-order valence-corrected chi connectivity index (χ2v) is 4.32. The summed E-state index contributed by atoms with van der Waals surface area (Å²) in [7, 11) is 0. The average Bonchev–Trinajstić information content (AvgIpc) is 2.27. The first-order valence-electron chi connectivity index (χ1n) is 5.86. The monoisotopic (exact) mass is 220 g/mol. The van der Waals surface area contributed by atoms with Gasteiger partial charge in [-0.3, -0.25) is 4.79 Å². The summed E-state index contributed by atoms with van der Waals surface area (Å²) < 4.78 is 5.74. The van der Waals surface area contributed by atoms with Crippen LogP contribution in [-0.4, -0.2) is 12.9 Å². The van der Waals surface area contributed by atoms with E-state index >= 15 is 0 Å². The van der Waals surface area contributed by atoms with Crippen molar-refractivity contribution < 1.29 is 9.53 Å². The van der Waals surface area contributed by atoms with Gasteiger partial charge in [0.15, 0.2) is 6.29 Å². The third-order valence-corrected chi connectivity index (χ3v) is 2.66. The lowest BCUT2D eigenvalue weighted by molar-refractivity contribution is 0.111. The smallest absolute Gasteiger partial charge is 0.153 e. The molecule has 1 aromatic rings. The molecule has 0 radical (unpaired) electrons. The van der Waals surface area contributed by atoms with E-state index in [1.165, 1.54) is 6.42 Å². The summed E-state index contributed by atoms with van der Waals surface area (Å²) in [6, 6.07) is 5.63. The van der Waals surface area contributed by atoms with Gasteiger partial charge in [0.1, 0.15) is 5.75 Å². The van der Waals surface area contributed by atoms with E-state index in [0.717, 1.165) is 24.0 Å². The molecule has 0 aliphatic heterocycles. The first-order chi connectivity index (χ1) is 7.69. The van der Waals surface area contributed by atoms with Crippen LogP contribution in [0, 0.1) is 12.8 Å². The van der Waals surface area contributed by atoms with E-state index in [4.69, 9.17) is 4.74 Å². The van der Waals surface area contributed by atoms with Crippen molar-refractivity contribution in [2.24, 2.45) is 5.92 Å². The molecule has 2 nitrogen and oxygen atoms in total. The number of aryl methyl sites for hydroxylation is 1. The molecule has 0 bridgehead atoms. The van der Waals surface area contributed by atoms with Crippen molar-refractivity contribution in [3.8, 4) is 5.75 Å². The number of hydrogen-bond donors (Lipinski definition) is 0. The van der Waals surface area contributed by atoms with Crippen molar-refractivity contribution in [1.82, 2.24) is 0 Å². The van der Waals surface area contributed by atoms with Gasteiger partial charge in [0.2, 0.25) is 0 Å². The second kappa shape index (κ2) is 6.31. The van der Waals surface area contributed by atoms with Crippen LogP contribution < -0.4 is 4.74 Å². The molecule has 0 aliphatic carbocycles. The molecule has 0 aliphatic rings. The number of rotatable bonds is 6. The molecule has 1 aromatic carbocycles. The maximum atomic E-state index is 10.9. The molecule has 88 valence electrons.